The summed E-state index contributed by atoms with van der Waals surface area (Å²) in [6.07, 6.45) is 1.26. The molecule has 0 fully saturated rings. The van der Waals surface area contributed by atoms with Gasteiger partial charge in [0, 0.05) is 24.9 Å². The zero-order chi connectivity index (χ0) is 13.1. The van der Waals surface area contributed by atoms with Crippen LogP contribution in [0.15, 0.2) is 18.2 Å². The maximum Gasteiger partial charge on any atom is 0.123 e. The monoisotopic (exact) mass is 267 g/mol. The Balaban J connectivity index is 1.85. The van der Waals surface area contributed by atoms with Gasteiger partial charge in [0.1, 0.15) is 11.9 Å². The number of nitrogens with one attached hydrogen (secondary N) is 1. The van der Waals surface area contributed by atoms with Gasteiger partial charge >= 0.3 is 0 Å². The predicted octanol–water partition coefficient (Wildman–Crippen LogP) is 3.15. The molecule has 3 unspecified atom stereocenters. The fraction of sp³-hybridized carbons (Fsp3) is 0.600. The number of ether oxygens (including phenoxy) is 1. The van der Waals surface area contributed by atoms with Crippen molar-refractivity contribution in [2.75, 3.05) is 12.4 Å². The summed E-state index contributed by atoms with van der Waals surface area (Å²) in [6, 6.07) is 6.83. The quantitative estimate of drug-likeness (QED) is 0.828. The van der Waals surface area contributed by atoms with Crippen LogP contribution in [0.25, 0.3) is 0 Å². The van der Waals surface area contributed by atoms with Gasteiger partial charge in [0.15, 0.2) is 0 Å². The highest BCUT2D eigenvalue weighted by atomic mass is 35.5. The van der Waals surface area contributed by atoms with Gasteiger partial charge in [-0.1, -0.05) is 24.6 Å². The van der Waals surface area contributed by atoms with Crippen molar-refractivity contribution < 1.29 is 4.74 Å². The van der Waals surface area contributed by atoms with Crippen LogP contribution in [-0.2, 0) is 6.42 Å². The van der Waals surface area contributed by atoms with E-state index in [1.54, 1.807) is 0 Å². The second-order valence-corrected chi connectivity index (χ2v) is 5.69. The molecule has 2 rings (SSSR count). The molecule has 0 spiro atoms. The van der Waals surface area contributed by atoms with Crippen LogP contribution < -0.4 is 10.1 Å². The largest absolute Gasteiger partial charge is 0.488 e. The number of fused-ring (bicyclic) bond motifs is 1. The van der Waals surface area contributed by atoms with Crippen molar-refractivity contribution in [3.8, 4) is 5.75 Å². The highest BCUT2D eigenvalue weighted by molar-refractivity contribution is 6.18. The van der Waals surface area contributed by atoms with E-state index in [2.05, 4.69) is 44.3 Å². The minimum absolute atomic E-state index is 0.256. The molecule has 0 saturated heterocycles. The average Bonchev–Trinajstić information content (AvgIpc) is 2.76. The topological polar surface area (TPSA) is 21.3 Å². The molecule has 18 heavy (non-hydrogen) atoms. The molecule has 0 aromatic heterocycles. The van der Waals surface area contributed by atoms with Crippen molar-refractivity contribution in [3.05, 3.63) is 29.3 Å². The Labute approximate surface area is 115 Å². The number of benzene rings is 1. The van der Waals surface area contributed by atoms with Crippen LogP contribution in [0.3, 0.4) is 0 Å². The van der Waals surface area contributed by atoms with Gasteiger partial charge in [-0.3, -0.25) is 0 Å². The summed E-state index contributed by atoms with van der Waals surface area (Å²) in [5.74, 6) is 2.22. The van der Waals surface area contributed by atoms with Gasteiger partial charge in [0.05, 0.1) is 0 Å². The van der Waals surface area contributed by atoms with Gasteiger partial charge in [0.2, 0.25) is 0 Å². The van der Waals surface area contributed by atoms with Gasteiger partial charge in [-0.25, -0.2) is 0 Å². The molecular formula is C15H22ClNO. The van der Waals surface area contributed by atoms with Crippen molar-refractivity contribution in [1.82, 2.24) is 5.32 Å². The Hall–Kier alpha value is -0.730. The van der Waals surface area contributed by atoms with Crippen LogP contribution in [0.4, 0.5) is 0 Å². The molecule has 0 aliphatic carbocycles. The third-order valence-electron chi connectivity index (χ3n) is 3.72. The first-order chi connectivity index (χ1) is 8.60. The van der Waals surface area contributed by atoms with E-state index in [1.165, 1.54) is 11.1 Å². The fourth-order valence-electron chi connectivity index (χ4n) is 2.22. The van der Waals surface area contributed by atoms with Crippen LogP contribution in [0.1, 0.15) is 25.0 Å². The van der Waals surface area contributed by atoms with Crippen LogP contribution >= 0.6 is 11.6 Å². The van der Waals surface area contributed by atoms with Gasteiger partial charge in [-0.15, -0.1) is 11.6 Å². The minimum atomic E-state index is 0.256. The summed E-state index contributed by atoms with van der Waals surface area (Å²) in [5, 5.41) is 3.52. The van der Waals surface area contributed by atoms with Gasteiger partial charge < -0.3 is 10.1 Å². The zero-order valence-electron chi connectivity index (χ0n) is 11.4. The maximum atomic E-state index is 5.93. The number of halogens is 1. The molecule has 0 radical (unpaired) electrons. The lowest BCUT2D eigenvalue weighted by molar-refractivity contribution is 0.217. The Morgan fingerprint density at radius 2 is 2.22 bits per heavy atom. The summed E-state index contributed by atoms with van der Waals surface area (Å²) in [4.78, 5) is 0. The van der Waals surface area contributed by atoms with Gasteiger partial charge in [0.25, 0.3) is 0 Å². The molecule has 1 aliphatic rings. The first kappa shape index (κ1) is 13.7. The standard InChI is InChI=1S/C15H22ClNO/c1-10-4-5-15-13(6-10)7-14(18-15)9-17-12(3)11(2)8-16/h4-6,11-12,14,17H,7-9H2,1-3H3. The first-order valence-electron chi connectivity index (χ1n) is 6.65. The third kappa shape index (κ3) is 3.18. The van der Waals surface area contributed by atoms with Gasteiger partial charge in [-0.05, 0) is 31.4 Å². The Bertz CT molecular complexity index is 407. The number of rotatable bonds is 5. The van der Waals surface area contributed by atoms with E-state index in [1.807, 2.05) is 0 Å². The summed E-state index contributed by atoms with van der Waals surface area (Å²) < 4.78 is 5.93. The molecule has 1 aliphatic heterocycles. The first-order valence-corrected chi connectivity index (χ1v) is 7.19. The normalized spacial score (nSPS) is 21.2. The van der Waals surface area contributed by atoms with Gasteiger partial charge in [-0.2, -0.15) is 0 Å². The summed E-state index contributed by atoms with van der Waals surface area (Å²) >= 11 is 5.86. The number of aryl methyl sites for hydroxylation is 1. The van der Waals surface area contributed by atoms with Crippen molar-refractivity contribution in [3.63, 3.8) is 0 Å². The van der Waals surface area contributed by atoms with E-state index in [0.717, 1.165) is 18.7 Å². The SMILES string of the molecule is Cc1ccc2c(c1)CC(CNC(C)C(C)CCl)O2. The lowest BCUT2D eigenvalue weighted by Gasteiger charge is -2.21. The second-order valence-electron chi connectivity index (χ2n) is 5.38. The average molecular weight is 268 g/mol. The lowest BCUT2D eigenvalue weighted by atomic mass is 10.0. The van der Waals surface area contributed by atoms with Crippen molar-refractivity contribution in [2.24, 2.45) is 5.92 Å². The smallest absolute Gasteiger partial charge is 0.123 e. The lowest BCUT2D eigenvalue weighted by Crippen LogP contribution is -2.39. The second kappa shape index (κ2) is 5.94. The van der Waals surface area contributed by atoms with E-state index < -0.39 is 0 Å². The van der Waals surface area contributed by atoms with Crippen LogP contribution in [-0.4, -0.2) is 24.6 Å². The molecule has 1 aromatic carbocycles. The molecule has 1 aromatic rings. The molecule has 3 heteroatoms. The predicted molar refractivity (Wildman–Crippen MR) is 76.6 cm³/mol. The number of hydrogen-bond acceptors (Lipinski definition) is 2. The summed E-state index contributed by atoms with van der Waals surface area (Å²) in [7, 11) is 0. The van der Waals surface area contributed by atoms with E-state index in [-0.39, 0.29) is 6.10 Å². The highest BCUT2D eigenvalue weighted by Crippen LogP contribution is 2.29. The van der Waals surface area contributed by atoms with E-state index in [0.29, 0.717) is 17.8 Å². The summed E-state index contributed by atoms with van der Waals surface area (Å²) in [6.45, 7) is 7.35. The van der Waals surface area contributed by atoms with E-state index >= 15 is 0 Å². The Morgan fingerprint density at radius 1 is 1.44 bits per heavy atom. The van der Waals surface area contributed by atoms with Crippen molar-refractivity contribution in [2.45, 2.75) is 39.3 Å². The van der Waals surface area contributed by atoms with Crippen LogP contribution in [0, 0.1) is 12.8 Å². The van der Waals surface area contributed by atoms with Crippen LogP contribution in [0.2, 0.25) is 0 Å². The Kier molecular flexibility index (Phi) is 4.52. The fourth-order valence-corrected chi connectivity index (χ4v) is 2.48. The van der Waals surface area contributed by atoms with Crippen molar-refractivity contribution in [1.29, 1.82) is 0 Å². The molecular weight excluding hydrogens is 246 g/mol. The third-order valence-corrected chi connectivity index (χ3v) is 4.21. The molecule has 0 saturated carbocycles. The molecule has 100 valence electrons. The number of hydrogen-bond donors (Lipinski definition) is 1. The molecule has 0 amide bonds. The molecule has 3 atom stereocenters. The maximum absolute atomic E-state index is 5.93. The summed E-state index contributed by atoms with van der Waals surface area (Å²) in [5.41, 5.74) is 2.63. The van der Waals surface area contributed by atoms with E-state index in [4.69, 9.17) is 16.3 Å². The zero-order valence-corrected chi connectivity index (χ0v) is 12.1. The van der Waals surface area contributed by atoms with E-state index in [9.17, 15) is 0 Å². The minimum Gasteiger partial charge on any atom is -0.488 e. The van der Waals surface area contributed by atoms with Crippen molar-refractivity contribution >= 4 is 11.6 Å². The Morgan fingerprint density at radius 3 is 2.94 bits per heavy atom. The van der Waals surface area contributed by atoms with Crippen LogP contribution in [0.5, 0.6) is 5.75 Å². The molecule has 1 N–H and O–H groups in total. The number of alkyl halides is 1. The molecule has 0 bridgehead atoms. The molecule has 1 heterocycles. The highest BCUT2D eigenvalue weighted by Gasteiger charge is 2.23. The molecule has 2 nitrogen and oxygen atoms in total.